The van der Waals surface area contributed by atoms with Crippen molar-refractivity contribution in [1.82, 2.24) is 9.62 Å². The zero-order chi connectivity index (χ0) is 18.6. The third-order valence-corrected chi connectivity index (χ3v) is 5.85. The molecule has 2 aromatic carbocycles. The first-order valence-corrected chi connectivity index (χ1v) is 9.69. The molecule has 25 heavy (non-hydrogen) atoms. The van der Waals surface area contributed by atoms with Crippen molar-refractivity contribution in [1.29, 1.82) is 0 Å². The minimum Gasteiger partial charge on any atom is -0.378 e. The van der Waals surface area contributed by atoms with Gasteiger partial charge < -0.3 is 9.80 Å². The highest BCUT2D eigenvalue weighted by Gasteiger charge is 2.20. The molecule has 1 N–H and O–H groups in total. The van der Waals surface area contributed by atoms with Crippen LogP contribution in [0.5, 0.6) is 0 Å². The van der Waals surface area contributed by atoms with Crippen molar-refractivity contribution in [3.05, 3.63) is 59.7 Å². The first kappa shape index (κ1) is 19.4. The van der Waals surface area contributed by atoms with Gasteiger partial charge in [0.25, 0.3) is 0 Å². The van der Waals surface area contributed by atoms with Gasteiger partial charge in [-0.1, -0.05) is 30.3 Å². The summed E-state index contributed by atoms with van der Waals surface area (Å²) < 4.78 is 28.0. The van der Waals surface area contributed by atoms with Crippen molar-refractivity contribution in [2.45, 2.75) is 17.9 Å². The molecular weight excluding hydrogens is 334 g/mol. The van der Waals surface area contributed by atoms with E-state index in [1.807, 2.05) is 68.3 Å². The summed E-state index contributed by atoms with van der Waals surface area (Å²) in [7, 11) is 4.36. The Morgan fingerprint density at radius 1 is 0.960 bits per heavy atom. The summed E-state index contributed by atoms with van der Waals surface area (Å²) in [6.45, 7) is 2.11. The number of rotatable bonds is 7. The monoisotopic (exact) mass is 361 g/mol. The second-order valence-electron chi connectivity index (χ2n) is 6.58. The van der Waals surface area contributed by atoms with E-state index in [1.165, 1.54) is 0 Å². The minimum absolute atomic E-state index is 0.0463. The van der Waals surface area contributed by atoms with E-state index in [0.29, 0.717) is 11.4 Å². The normalized spacial score (nSPS) is 13.0. The Balaban J connectivity index is 2.18. The number of hydrogen-bond donors (Lipinski definition) is 1. The largest absolute Gasteiger partial charge is 0.378 e. The molecule has 0 fully saturated rings. The van der Waals surface area contributed by atoms with Gasteiger partial charge in [0.15, 0.2) is 0 Å². The number of nitrogens with zero attached hydrogens (tertiary/aromatic N) is 2. The zero-order valence-corrected chi connectivity index (χ0v) is 16.3. The Morgan fingerprint density at radius 3 is 2.08 bits per heavy atom. The van der Waals surface area contributed by atoms with Crippen LogP contribution in [0.1, 0.15) is 17.2 Å². The van der Waals surface area contributed by atoms with E-state index in [1.54, 1.807) is 25.1 Å². The number of anilines is 1. The fraction of sp³-hybridized carbons (Fsp3) is 0.368. The smallest absolute Gasteiger partial charge is 0.240 e. The molecule has 0 unspecified atom stereocenters. The summed E-state index contributed by atoms with van der Waals surface area (Å²) in [5.74, 6) is 0. The fourth-order valence-corrected chi connectivity index (χ4v) is 4.00. The number of hydrogen-bond acceptors (Lipinski definition) is 4. The van der Waals surface area contributed by atoms with Crippen LogP contribution >= 0.6 is 0 Å². The van der Waals surface area contributed by atoms with E-state index in [0.717, 1.165) is 16.8 Å². The Morgan fingerprint density at radius 2 is 1.56 bits per heavy atom. The van der Waals surface area contributed by atoms with Gasteiger partial charge in [-0.05, 0) is 50.3 Å². The van der Waals surface area contributed by atoms with Crippen molar-refractivity contribution in [2.75, 3.05) is 39.6 Å². The summed E-state index contributed by atoms with van der Waals surface area (Å²) in [4.78, 5) is 4.39. The van der Waals surface area contributed by atoms with Crippen LogP contribution in [0, 0.1) is 6.92 Å². The lowest BCUT2D eigenvalue weighted by atomic mass is 10.1. The van der Waals surface area contributed by atoms with Gasteiger partial charge in [-0.15, -0.1) is 0 Å². The molecule has 0 aliphatic rings. The lowest BCUT2D eigenvalue weighted by molar-refractivity contribution is 0.299. The number of benzene rings is 2. The summed E-state index contributed by atoms with van der Waals surface area (Å²) >= 11 is 0. The molecule has 0 saturated carbocycles. The molecule has 6 heteroatoms. The van der Waals surface area contributed by atoms with Gasteiger partial charge in [0.05, 0.1) is 4.90 Å². The molecule has 2 aromatic rings. The van der Waals surface area contributed by atoms with Crippen molar-refractivity contribution in [3.63, 3.8) is 0 Å². The van der Waals surface area contributed by atoms with E-state index in [4.69, 9.17) is 0 Å². The van der Waals surface area contributed by atoms with Crippen molar-refractivity contribution >= 4 is 15.7 Å². The van der Waals surface area contributed by atoms with Crippen molar-refractivity contribution in [3.8, 4) is 0 Å². The molecule has 5 nitrogen and oxygen atoms in total. The topological polar surface area (TPSA) is 52.7 Å². The maximum absolute atomic E-state index is 12.6. The first-order valence-electron chi connectivity index (χ1n) is 8.21. The lowest BCUT2D eigenvalue weighted by Gasteiger charge is -2.26. The molecule has 0 spiro atoms. The van der Waals surface area contributed by atoms with Crippen LogP contribution in [0.2, 0.25) is 0 Å². The van der Waals surface area contributed by atoms with Crippen LogP contribution in [0.15, 0.2) is 53.4 Å². The minimum atomic E-state index is -3.53. The summed E-state index contributed by atoms with van der Waals surface area (Å²) in [5, 5.41) is 0. The second-order valence-corrected chi connectivity index (χ2v) is 8.32. The van der Waals surface area contributed by atoms with Crippen LogP contribution < -0.4 is 9.62 Å². The highest BCUT2D eigenvalue weighted by molar-refractivity contribution is 7.89. The van der Waals surface area contributed by atoms with E-state index in [2.05, 4.69) is 4.72 Å². The third-order valence-electron chi connectivity index (χ3n) is 4.27. The predicted octanol–water partition coefficient (Wildman–Crippen LogP) is 2.64. The molecule has 0 aliphatic heterocycles. The average Bonchev–Trinajstić information content (AvgIpc) is 2.55. The zero-order valence-electron chi connectivity index (χ0n) is 15.5. The molecule has 0 saturated heterocycles. The van der Waals surface area contributed by atoms with E-state index in [-0.39, 0.29) is 6.04 Å². The summed E-state index contributed by atoms with van der Waals surface area (Å²) in [5.41, 5.74) is 2.93. The van der Waals surface area contributed by atoms with Crippen LogP contribution in [-0.2, 0) is 10.0 Å². The van der Waals surface area contributed by atoms with Gasteiger partial charge in [-0.3, -0.25) is 0 Å². The predicted molar refractivity (Wildman–Crippen MR) is 104 cm³/mol. The fourth-order valence-electron chi connectivity index (χ4n) is 2.72. The molecule has 1 atom stereocenters. The van der Waals surface area contributed by atoms with Gasteiger partial charge in [0.2, 0.25) is 10.0 Å². The quantitative estimate of drug-likeness (QED) is 0.824. The molecule has 136 valence electrons. The SMILES string of the molecule is Cc1ccccc1S(=O)(=O)NC[C@H](c1ccc(N(C)C)cc1)N(C)C. The Hall–Kier alpha value is -1.89. The van der Waals surface area contributed by atoms with E-state index < -0.39 is 10.0 Å². The number of nitrogens with one attached hydrogen (secondary N) is 1. The van der Waals surface area contributed by atoms with Gasteiger partial charge in [-0.25, -0.2) is 13.1 Å². The third kappa shape index (κ3) is 4.81. The Bertz CT molecular complexity index is 800. The molecule has 0 heterocycles. The number of likely N-dealkylation sites (N-methyl/N-ethyl adjacent to an activating group) is 1. The number of sulfonamides is 1. The van der Waals surface area contributed by atoms with E-state index >= 15 is 0 Å². The average molecular weight is 362 g/mol. The molecule has 0 aliphatic carbocycles. The van der Waals surface area contributed by atoms with Crippen LogP contribution in [0.25, 0.3) is 0 Å². The van der Waals surface area contributed by atoms with Gasteiger partial charge in [0, 0.05) is 32.4 Å². The highest BCUT2D eigenvalue weighted by Crippen LogP contribution is 2.22. The first-order chi connectivity index (χ1) is 11.7. The highest BCUT2D eigenvalue weighted by atomic mass is 32.2. The Labute approximate surface area is 151 Å². The lowest BCUT2D eigenvalue weighted by Crippen LogP contribution is -2.34. The van der Waals surface area contributed by atoms with Crippen LogP contribution in [-0.4, -0.2) is 48.1 Å². The molecule has 0 amide bonds. The van der Waals surface area contributed by atoms with Gasteiger partial charge in [0.1, 0.15) is 0 Å². The summed E-state index contributed by atoms with van der Waals surface area (Å²) in [6, 6.07) is 15.1. The molecule has 0 bridgehead atoms. The van der Waals surface area contributed by atoms with Crippen LogP contribution in [0.4, 0.5) is 5.69 Å². The van der Waals surface area contributed by atoms with Crippen LogP contribution in [0.3, 0.4) is 0 Å². The maximum Gasteiger partial charge on any atom is 0.240 e. The van der Waals surface area contributed by atoms with Crippen molar-refractivity contribution in [2.24, 2.45) is 0 Å². The second kappa shape index (κ2) is 7.99. The molecule has 2 rings (SSSR count). The van der Waals surface area contributed by atoms with Gasteiger partial charge in [-0.2, -0.15) is 0 Å². The Kier molecular flexibility index (Phi) is 6.21. The standard InChI is InChI=1S/C19H27N3O2S/c1-15-8-6-7-9-19(15)25(23,24)20-14-18(22(4)5)16-10-12-17(13-11-16)21(2)3/h6-13,18,20H,14H2,1-5H3/t18-/m1/s1. The van der Waals surface area contributed by atoms with Crippen molar-refractivity contribution < 1.29 is 8.42 Å². The van der Waals surface area contributed by atoms with Gasteiger partial charge >= 0.3 is 0 Å². The molecule has 0 aromatic heterocycles. The van der Waals surface area contributed by atoms with E-state index in [9.17, 15) is 8.42 Å². The summed E-state index contributed by atoms with van der Waals surface area (Å²) in [6.07, 6.45) is 0. The maximum atomic E-state index is 12.6. The molecular formula is C19H27N3O2S. The number of aryl methyl sites for hydroxylation is 1. The molecule has 0 radical (unpaired) electrons.